The second-order valence-electron chi connectivity index (χ2n) is 4.47. The first-order chi connectivity index (χ1) is 9.05. The normalized spacial score (nSPS) is 10.7. The van der Waals surface area contributed by atoms with Crippen LogP contribution in [0.4, 0.5) is 0 Å². The standard InChI is InChI=1S/C14H18N4O/c1-4-11-8-12(5-2)18(17-11)13-7-10(14(15)19)6-9(3)16-13/h6-8H,4-5H2,1-3H3,(H2,15,19). The first-order valence-corrected chi connectivity index (χ1v) is 6.41. The fraction of sp³-hybridized carbons (Fsp3) is 0.357. The van der Waals surface area contributed by atoms with Gasteiger partial charge in [0.05, 0.1) is 5.69 Å². The molecule has 5 nitrogen and oxygen atoms in total. The molecule has 19 heavy (non-hydrogen) atoms. The van der Waals surface area contributed by atoms with Crippen molar-refractivity contribution < 1.29 is 4.79 Å². The van der Waals surface area contributed by atoms with Gasteiger partial charge in [-0.3, -0.25) is 4.79 Å². The van der Waals surface area contributed by atoms with E-state index < -0.39 is 5.91 Å². The summed E-state index contributed by atoms with van der Waals surface area (Å²) in [5.41, 5.74) is 8.63. The van der Waals surface area contributed by atoms with Crippen LogP contribution in [0.5, 0.6) is 0 Å². The highest BCUT2D eigenvalue weighted by molar-refractivity contribution is 5.93. The van der Waals surface area contributed by atoms with Crippen molar-refractivity contribution in [2.45, 2.75) is 33.6 Å². The number of hydrogen-bond donors (Lipinski definition) is 1. The maximum Gasteiger partial charge on any atom is 0.248 e. The molecule has 0 aromatic carbocycles. The van der Waals surface area contributed by atoms with Crippen molar-refractivity contribution in [3.63, 3.8) is 0 Å². The van der Waals surface area contributed by atoms with Crippen LogP contribution in [0.15, 0.2) is 18.2 Å². The highest BCUT2D eigenvalue weighted by Crippen LogP contribution is 2.14. The Labute approximate surface area is 112 Å². The van der Waals surface area contributed by atoms with Crippen molar-refractivity contribution in [2.75, 3.05) is 0 Å². The van der Waals surface area contributed by atoms with Gasteiger partial charge in [-0.05, 0) is 38.0 Å². The van der Waals surface area contributed by atoms with Crippen molar-refractivity contribution >= 4 is 5.91 Å². The minimum atomic E-state index is -0.451. The minimum absolute atomic E-state index is 0.451. The van der Waals surface area contributed by atoms with Gasteiger partial charge in [0.25, 0.3) is 0 Å². The molecule has 0 saturated heterocycles. The molecular formula is C14H18N4O. The molecule has 2 aromatic heterocycles. The van der Waals surface area contributed by atoms with Gasteiger partial charge in [-0.1, -0.05) is 13.8 Å². The third-order valence-corrected chi connectivity index (χ3v) is 3.00. The van der Waals surface area contributed by atoms with Gasteiger partial charge in [0.1, 0.15) is 0 Å². The predicted molar refractivity (Wildman–Crippen MR) is 73.4 cm³/mol. The lowest BCUT2D eigenvalue weighted by Crippen LogP contribution is -2.14. The molecule has 2 heterocycles. The van der Waals surface area contributed by atoms with Crippen LogP contribution in [0, 0.1) is 6.92 Å². The summed E-state index contributed by atoms with van der Waals surface area (Å²) in [5, 5.41) is 4.51. The number of aryl methyl sites for hydroxylation is 3. The molecule has 0 aliphatic heterocycles. The van der Waals surface area contributed by atoms with Crippen molar-refractivity contribution in [1.29, 1.82) is 0 Å². The van der Waals surface area contributed by atoms with Gasteiger partial charge in [-0.15, -0.1) is 0 Å². The molecule has 100 valence electrons. The van der Waals surface area contributed by atoms with Crippen LogP contribution in [0.25, 0.3) is 5.82 Å². The van der Waals surface area contributed by atoms with Gasteiger partial charge >= 0.3 is 0 Å². The Balaban J connectivity index is 2.57. The van der Waals surface area contributed by atoms with Crippen LogP contribution in [0.2, 0.25) is 0 Å². The van der Waals surface area contributed by atoms with Gasteiger partial charge in [-0.25, -0.2) is 9.67 Å². The second-order valence-corrected chi connectivity index (χ2v) is 4.47. The van der Waals surface area contributed by atoms with E-state index in [1.165, 1.54) is 0 Å². The van der Waals surface area contributed by atoms with Gasteiger partial charge in [-0.2, -0.15) is 5.10 Å². The number of carbonyl (C=O) groups excluding carboxylic acids is 1. The van der Waals surface area contributed by atoms with E-state index in [-0.39, 0.29) is 0 Å². The van der Waals surface area contributed by atoms with Crippen LogP contribution < -0.4 is 5.73 Å². The number of nitrogens with two attached hydrogens (primary N) is 1. The van der Waals surface area contributed by atoms with Crippen molar-refractivity contribution in [1.82, 2.24) is 14.8 Å². The number of nitrogens with zero attached hydrogens (tertiary/aromatic N) is 3. The Morgan fingerprint density at radius 2 is 2.00 bits per heavy atom. The monoisotopic (exact) mass is 258 g/mol. The van der Waals surface area contributed by atoms with E-state index in [0.29, 0.717) is 11.4 Å². The quantitative estimate of drug-likeness (QED) is 0.908. The molecule has 0 aliphatic carbocycles. The summed E-state index contributed by atoms with van der Waals surface area (Å²) >= 11 is 0. The molecule has 0 spiro atoms. The van der Waals surface area contributed by atoms with Gasteiger partial charge < -0.3 is 5.73 Å². The fourth-order valence-corrected chi connectivity index (χ4v) is 2.00. The number of primary amides is 1. The Morgan fingerprint density at radius 3 is 2.58 bits per heavy atom. The highest BCUT2D eigenvalue weighted by atomic mass is 16.1. The fourth-order valence-electron chi connectivity index (χ4n) is 2.00. The second kappa shape index (κ2) is 5.22. The lowest BCUT2D eigenvalue weighted by atomic mass is 10.2. The SMILES string of the molecule is CCc1cc(CC)n(-c2cc(C(N)=O)cc(C)n2)n1. The molecule has 0 bridgehead atoms. The van der Waals surface area contributed by atoms with Crippen LogP contribution in [-0.4, -0.2) is 20.7 Å². The Bertz CT molecular complexity index is 616. The summed E-state index contributed by atoms with van der Waals surface area (Å²) in [5.74, 6) is 0.193. The van der Waals surface area contributed by atoms with E-state index in [2.05, 4.69) is 30.0 Å². The zero-order valence-electron chi connectivity index (χ0n) is 11.5. The number of pyridine rings is 1. The van der Waals surface area contributed by atoms with Crippen LogP contribution in [0.1, 0.15) is 41.3 Å². The molecule has 0 saturated carbocycles. The molecule has 2 aromatic rings. The van der Waals surface area contributed by atoms with Crippen molar-refractivity contribution in [3.05, 3.63) is 40.8 Å². The zero-order valence-corrected chi connectivity index (χ0v) is 11.5. The van der Waals surface area contributed by atoms with Crippen LogP contribution in [0.3, 0.4) is 0 Å². The van der Waals surface area contributed by atoms with Crippen LogP contribution in [-0.2, 0) is 12.8 Å². The molecule has 2 rings (SSSR count). The summed E-state index contributed by atoms with van der Waals surface area (Å²) < 4.78 is 1.79. The number of amides is 1. The molecule has 0 fully saturated rings. The highest BCUT2D eigenvalue weighted by Gasteiger charge is 2.11. The van der Waals surface area contributed by atoms with E-state index in [0.717, 1.165) is 29.9 Å². The molecule has 1 amide bonds. The van der Waals surface area contributed by atoms with Gasteiger partial charge in [0, 0.05) is 17.0 Å². The average molecular weight is 258 g/mol. The summed E-state index contributed by atoms with van der Waals surface area (Å²) in [6, 6.07) is 5.43. The third kappa shape index (κ3) is 2.65. The van der Waals surface area contributed by atoms with Crippen molar-refractivity contribution in [2.24, 2.45) is 5.73 Å². The smallest absolute Gasteiger partial charge is 0.248 e. The average Bonchev–Trinajstić information content (AvgIpc) is 2.81. The summed E-state index contributed by atoms with van der Waals surface area (Å²) in [7, 11) is 0. The largest absolute Gasteiger partial charge is 0.366 e. The lowest BCUT2D eigenvalue weighted by Gasteiger charge is -2.07. The van der Waals surface area contributed by atoms with Gasteiger partial charge in [0.15, 0.2) is 5.82 Å². The van der Waals surface area contributed by atoms with E-state index in [1.807, 2.05) is 6.92 Å². The van der Waals surface area contributed by atoms with Gasteiger partial charge in [0.2, 0.25) is 5.91 Å². The van der Waals surface area contributed by atoms with Crippen LogP contribution >= 0.6 is 0 Å². The Kier molecular flexibility index (Phi) is 3.64. The first-order valence-electron chi connectivity index (χ1n) is 6.41. The summed E-state index contributed by atoms with van der Waals surface area (Å²) in [6.45, 7) is 5.97. The Hall–Kier alpha value is -2.17. The molecule has 5 heteroatoms. The molecule has 2 N–H and O–H groups in total. The maximum atomic E-state index is 11.3. The van der Waals surface area contributed by atoms with E-state index >= 15 is 0 Å². The summed E-state index contributed by atoms with van der Waals surface area (Å²) in [6.07, 6.45) is 1.73. The number of aromatic nitrogens is 3. The maximum absolute atomic E-state index is 11.3. The van der Waals surface area contributed by atoms with Crippen molar-refractivity contribution in [3.8, 4) is 5.82 Å². The van der Waals surface area contributed by atoms with E-state index in [4.69, 9.17) is 5.73 Å². The van der Waals surface area contributed by atoms with E-state index in [9.17, 15) is 4.79 Å². The number of rotatable bonds is 4. The molecule has 0 unspecified atom stereocenters. The zero-order chi connectivity index (χ0) is 14.0. The summed E-state index contributed by atoms with van der Waals surface area (Å²) in [4.78, 5) is 15.8. The number of hydrogen-bond acceptors (Lipinski definition) is 3. The molecular weight excluding hydrogens is 240 g/mol. The first kappa shape index (κ1) is 13.3. The number of carbonyl (C=O) groups is 1. The lowest BCUT2D eigenvalue weighted by molar-refractivity contribution is 0.1000. The van der Waals surface area contributed by atoms with E-state index in [1.54, 1.807) is 16.8 Å². The predicted octanol–water partition coefficient (Wildman–Crippen LogP) is 1.80. The third-order valence-electron chi connectivity index (χ3n) is 3.00. The minimum Gasteiger partial charge on any atom is -0.366 e. The topological polar surface area (TPSA) is 73.8 Å². The Morgan fingerprint density at radius 1 is 1.26 bits per heavy atom. The molecule has 0 atom stereocenters. The molecule has 0 aliphatic rings. The molecule has 0 radical (unpaired) electrons.